The molecule has 3 atom stereocenters. The molecule has 0 aliphatic carbocycles. The van der Waals surface area contributed by atoms with Crippen molar-refractivity contribution in [2.24, 2.45) is 5.92 Å². The first-order valence-electron chi connectivity index (χ1n) is 16.9. The van der Waals surface area contributed by atoms with Crippen LogP contribution in [0.5, 0.6) is 5.75 Å². The van der Waals surface area contributed by atoms with E-state index in [2.05, 4.69) is 15.5 Å². The number of carboxylic acid groups (broad SMARTS) is 1. The molecule has 11 nitrogen and oxygen atoms in total. The van der Waals surface area contributed by atoms with Crippen LogP contribution in [0.2, 0.25) is 0 Å². The number of amides is 4. The standard InChI is InChI=1S/C35H48N6O5/c1-23-19-25(20-24(2)32(23)42)21-29(33(43)39-13-8-27(9-14-39)38-17-11-36-12-18-38)31-22-28(10-16-41(31)35(45)46)40-15-7-26-5-3-4-6-30(26)37-34(40)44/h3-6,19-20,27-29,31,36,42H,7-18,21-22H2,1-2H3,(H,37,44)(H,45,46)/t28?,29?,31-/m1/s1. The second-order valence-electron chi connectivity index (χ2n) is 13.5. The van der Waals surface area contributed by atoms with Gasteiger partial charge in [0.25, 0.3) is 0 Å². The van der Waals surface area contributed by atoms with E-state index < -0.39 is 18.1 Å². The average Bonchev–Trinajstić information content (AvgIpc) is 3.24. The lowest BCUT2D eigenvalue weighted by Gasteiger charge is -2.46. The quantitative estimate of drug-likeness (QED) is 0.383. The number of aromatic hydroxyl groups is 1. The molecule has 0 saturated carbocycles. The molecule has 3 saturated heterocycles. The SMILES string of the molecule is Cc1cc(CC(C(=O)N2CCC(N3CCNCC3)CC2)[C@H]2CC(N3CCc4ccccc4NC3=O)CCN2C(=O)O)cc(C)c1O. The van der Waals surface area contributed by atoms with Gasteiger partial charge in [-0.3, -0.25) is 9.69 Å². The van der Waals surface area contributed by atoms with E-state index in [-0.39, 0.29) is 30.3 Å². The van der Waals surface area contributed by atoms with Crippen LogP contribution >= 0.6 is 0 Å². The van der Waals surface area contributed by atoms with Crippen molar-refractivity contribution in [2.45, 2.75) is 70.5 Å². The number of urea groups is 1. The molecule has 4 aliphatic rings. The first-order chi connectivity index (χ1) is 22.2. The third-order valence-electron chi connectivity index (χ3n) is 10.7. The number of nitrogens with zero attached hydrogens (tertiary/aromatic N) is 4. The van der Waals surface area contributed by atoms with E-state index in [9.17, 15) is 24.6 Å². The lowest BCUT2D eigenvalue weighted by atomic mass is 9.81. The number of rotatable bonds is 6. The first-order valence-corrected chi connectivity index (χ1v) is 16.9. The Morgan fingerprint density at radius 2 is 1.61 bits per heavy atom. The Morgan fingerprint density at radius 1 is 0.935 bits per heavy atom. The van der Waals surface area contributed by atoms with Crippen LogP contribution in [0.1, 0.15) is 47.9 Å². The Hall–Kier alpha value is -3.83. The number of carbonyl (C=O) groups is 3. The molecule has 0 aromatic heterocycles. The molecule has 4 heterocycles. The molecule has 2 aromatic carbocycles. The summed E-state index contributed by atoms with van der Waals surface area (Å²) in [5.41, 5.74) is 4.25. The number of fused-ring (bicyclic) bond motifs is 1. The second kappa shape index (κ2) is 13.9. The predicted octanol–water partition coefficient (Wildman–Crippen LogP) is 3.67. The highest BCUT2D eigenvalue weighted by atomic mass is 16.4. The Balaban J connectivity index is 1.26. The van der Waals surface area contributed by atoms with Gasteiger partial charge in [-0.1, -0.05) is 30.3 Å². The van der Waals surface area contributed by atoms with Gasteiger partial charge in [-0.15, -0.1) is 0 Å². The number of para-hydroxylation sites is 1. The van der Waals surface area contributed by atoms with Crippen molar-refractivity contribution >= 4 is 23.7 Å². The number of nitrogens with one attached hydrogen (secondary N) is 2. The number of likely N-dealkylation sites (tertiary alicyclic amines) is 2. The highest BCUT2D eigenvalue weighted by Crippen LogP contribution is 2.34. The summed E-state index contributed by atoms with van der Waals surface area (Å²) < 4.78 is 0. The number of phenolic OH excluding ortho intramolecular Hbond substituents is 1. The van der Waals surface area contributed by atoms with Gasteiger partial charge in [0, 0.05) is 76.2 Å². The van der Waals surface area contributed by atoms with Gasteiger partial charge in [0.05, 0.1) is 5.92 Å². The molecular formula is C35H48N6O5. The molecule has 0 radical (unpaired) electrons. The number of benzene rings is 2. The van der Waals surface area contributed by atoms with Gasteiger partial charge >= 0.3 is 12.1 Å². The van der Waals surface area contributed by atoms with E-state index in [1.54, 1.807) is 0 Å². The summed E-state index contributed by atoms with van der Waals surface area (Å²) in [6.45, 7) is 9.79. The molecule has 46 heavy (non-hydrogen) atoms. The average molecular weight is 633 g/mol. The summed E-state index contributed by atoms with van der Waals surface area (Å²) in [7, 11) is 0. The van der Waals surface area contributed by atoms with Crippen molar-refractivity contribution in [3.8, 4) is 5.75 Å². The van der Waals surface area contributed by atoms with E-state index in [0.29, 0.717) is 51.4 Å². The fourth-order valence-corrected chi connectivity index (χ4v) is 8.16. The molecule has 4 N–H and O–H groups in total. The second-order valence-corrected chi connectivity index (χ2v) is 13.5. The first kappa shape index (κ1) is 32.1. The summed E-state index contributed by atoms with van der Waals surface area (Å²) in [6.07, 6.45) is 2.73. The number of piperidine rings is 2. The van der Waals surface area contributed by atoms with Crippen molar-refractivity contribution in [1.29, 1.82) is 0 Å². The van der Waals surface area contributed by atoms with E-state index in [4.69, 9.17) is 0 Å². The molecular weight excluding hydrogens is 584 g/mol. The number of anilines is 1. The van der Waals surface area contributed by atoms with E-state index >= 15 is 0 Å². The number of hydrogen-bond acceptors (Lipinski definition) is 6. The molecule has 248 valence electrons. The van der Waals surface area contributed by atoms with Gasteiger partial charge in [-0.2, -0.15) is 0 Å². The molecule has 0 spiro atoms. The van der Waals surface area contributed by atoms with Crippen LogP contribution in [0.25, 0.3) is 0 Å². The summed E-state index contributed by atoms with van der Waals surface area (Å²) >= 11 is 0. The van der Waals surface area contributed by atoms with Crippen LogP contribution in [-0.2, 0) is 17.6 Å². The molecule has 3 fully saturated rings. The number of piperazine rings is 1. The van der Waals surface area contributed by atoms with Gasteiger partial charge in [0.1, 0.15) is 5.75 Å². The number of aryl methyl sites for hydroxylation is 2. The Morgan fingerprint density at radius 3 is 2.30 bits per heavy atom. The molecule has 0 bridgehead atoms. The third kappa shape index (κ3) is 6.80. The normalized spacial score (nSPS) is 23.8. The maximum Gasteiger partial charge on any atom is 0.407 e. The van der Waals surface area contributed by atoms with Gasteiger partial charge in [-0.25, -0.2) is 9.59 Å². The minimum Gasteiger partial charge on any atom is -0.507 e. The topological polar surface area (TPSA) is 129 Å². The summed E-state index contributed by atoms with van der Waals surface area (Å²) in [6, 6.07) is 11.1. The monoisotopic (exact) mass is 632 g/mol. The molecule has 4 amide bonds. The minimum absolute atomic E-state index is 0.0215. The van der Waals surface area contributed by atoms with Gasteiger partial charge < -0.3 is 35.5 Å². The summed E-state index contributed by atoms with van der Waals surface area (Å²) in [4.78, 5) is 48.5. The third-order valence-corrected chi connectivity index (χ3v) is 10.7. The Kier molecular flexibility index (Phi) is 9.70. The lowest BCUT2D eigenvalue weighted by molar-refractivity contribution is -0.140. The Bertz CT molecular complexity index is 1410. The summed E-state index contributed by atoms with van der Waals surface area (Å²) in [5, 5.41) is 27.3. The van der Waals surface area contributed by atoms with Crippen molar-refractivity contribution < 1.29 is 24.6 Å². The molecule has 6 rings (SSSR count). The number of carbonyl (C=O) groups excluding carboxylic acids is 2. The molecule has 4 aliphatic heterocycles. The maximum absolute atomic E-state index is 14.6. The number of phenols is 1. The van der Waals surface area contributed by atoms with Crippen molar-refractivity contribution in [2.75, 3.05) is 57.7 Å². The fourth-order valence-electron chi connectivity index (χ4n) is 8.16. The Labute approximate surface area is 271 Å². The van der Waals surface area contributed by atoms with Crippen LogP contribution in [0.3, 0.4) is 0 Å². The van der Waals surface area contributed by atoms with Crippen LogP contribution in [0.15, 0.2) is 36.4 Å². The summed E-state index contributed by atoms with van der Waals surface area (Å²) in [5.74, 6) is -0.406. The zero-order chi connectivity index (χ0) is 32.4. The minimum atomic E-state index is -1.04. The van der Waals surface area contributed by atoms with E-state index in [1.165, 1.54) is 4.90 Å². The van der Waals surface area contributed by atoms with Gasteiger partial charge in [-0.05, 0) is 80.7 Å². The molecule has 11 heteroatoms. The van der Waals surface area contributed by atoms with Gasteiger partial charge in [0.2, 0.25) is 5.91 Å². The predicted molar refractivity (Wildman–Crippen MR) is 176 cm³/mol. The van der Waals surface area contributed by atoms with Crippen molar-refractivity contribution in [1.82, 2.24) is 24.9 Å². The fraction of sp³-hybridized carbons (Fsp3) is 0.571. The zero-order valence-electron chi connectivity index (χ0n) is 27.1. The van der Waals surface area contributed by atoms with Crippen molar-refractivity contribution in [3.05, 3.63) is 58.7 Å². The highest BCUT2D eigenvalue weighted by Gasteiger charge is 2.44. The van der Waals surface area contributed by atoms with Gasteiger partial charge in [0.15, 0.2) is 0 Å². The van der Waals surface area contributed by atoms with Crippen LogP contribution in [0.4, 0.5) is 15.3 Å². The van der Waals surface area contributed by atoms with Crippen LogP contribution < -0.4 is 10.6 Å². The zero-order valence-corrected chi connectivity index (χ0v) is 27.1. The van der Waals surface area contributed by atoms with Crippen molar-refractivity contribution in [3.63, 3.8) is 0 Å². The molecule has 2 aromatic rings. The lowest BCUT2D eigenvalue weighted by Crippen LogP contribution is -2.59. The molecule has 2 unspecified atom stereocenters. The van der Waals surface area contributed by atoms with E-state index in [1.807, 2.05) is 60.0 Å². The highest BCUT2D eigenvalue weighted by molar-refractivity contribution is 5.91. The number of hydrogen-bond donors (Lipinski definition) is 4. The maximum atomic E-state index is 14.6. The van der Waals surface area contributed by atoms with Crippen LogP contribution in [0, 0.1) is 19.8 Å². The van der Waals surface area contributed by atoms with Crippen LogP contribution in [-0.4, -0.2) is 118 Å². The smallest absolute Gasteiger partial charge is 0.407 e. The van der Waals surface area contributed by atoms with E-state index in [0.717, 1.165) is 67.0 Å². The largest absolute Gasteiger partial charge is 0.507 e.